The highest BCUT2D eigenvalue weighted by Crippen LogP contribution is 2.28. The number of carbonyl (C=O) groups excluding carboxylic acids is 2. The van der Waals surface area contributed by atoms with E-state index in [1.807, 2.05) is 4.90 Å². The standard InChI is InChI=1S/C13H23N3O2/c14-11-5-1-4-10(11)13(18)16-6-2-3-9(8-16)7-12(15)17/h9-11H,1-8,14H2,(H2,15,17)/t9-,10-,11-/m0/s1. The van der Waals surface area contributed by atoms with Crippen molar-refractivity contribution in [3.8, 4) is 0 Å². The highest BCUT2D eigenvalue weighted by molar-refractivity contribution is 5.80. The van der Waals surface area contributed by atoms with E-state index in [1.165, 1.54) is 0 Å². The molecule has 2 rings (SSSR count). The van der Waals surface area contributed by atoms with Gasteiger partial charge in [0.15, 0.2) is 0 Å². The largest absolute Gasteiger partial charge is 0.370 e. The molecule has 5 nitrogen and oxygen atoms in total. The molecule has 2 amide bonds. The number of amides is 2. The first-order chi connectivity index (χ1) is 8.58. The van der Waals surface area contributed by atoms with Gasteiger partial charge in [-0.1, -0.05) is 6.42 Å². The first-order valence-corrected chi connectivity index (χ1v) is 6.90. The first kappa shape index (κ1) is 13.3. The Bertz CT molecular complexity index is 332. The van der Waals surface area contributed by atoms with Gasteiger partial charge in [0.1, 0.15) is 0 Å². The summed E-state index contributed by atoms with van der Waals surface area (Å²) in [5, 5.41) is 0. The minimum atomic E-state index is -0.271. The van der Waals surface area contributed by atoms with Gasteiger partial charge >= 0.3 is 0 Å². The maximum absolute atomic E-state index is 12.4. The summed E-state index contributed by atoms with van der Waals surface area (Å²) in [6.07, 6.45) is 5.26. The van der Waals surface area contributed by atoms with Crippen LogP contribution in [0.2, 0.25) is 0 Å². The van der Waals surface area contributed by atoms with Gasteiger partial charge in [0.25, 0.3) is 0 Å². The molecular formula is C13H23N3O2. The quantitative estimate of drug-likeness (QED) is 0.754. The molecule has 1 aliphatic heterocycles. The van der Waals surface area contributed by atoms with E-state index in [0.29, 0.717) is 13.0 Å². The van der Waals surface area contributed by atoms with Crippen LogP contribution in [0.5, 0.6) is 0 Å². The van der Waals surface area contributed by atoms with Gasteiger partial charge in [-0.25, -0.2) is 0 Å². The molecule has 0 aromatic carbocycles. The zero-order valence-corrected chi connectivity index (χ0v) is 10.8. The monoisotopic (exact) mass is 253 g/mol. The fourth-order valence-electron chi connectivity index (χ4n) is 3.25. The van der Waals surface area contributed by atoms with E-state index in [1.54, 1.807) is 0 Å². The molecule has 1 saturated carbocycles. The Kier molecular flexibility index (Phi) is 4.22. The lowest BCUT2D eigenvalue weighted by atomic mass is 9.92. The molecule has 0 aromatic rings. The van der Waals surface area contributed by atoms with Crippen LogP contribution >= 0.6 is 0 Å². The maximum Gasteiger partial charge on any atom is 0.227 e. The average Bonchev–Trinajstić information content (AvgIpc) is 2.74. The van der Waals surface area contributed by atoms with E-state index in [4.69, 9.17) is 11.5 Å². The lowest BCUT2D eigenvalue weighted by Gasteiger charge is -2.34. The van der Waals surface area contributed by atoms with E-state index in [0.717, 1.165) is 38.6 Å². The van der Waals surface area contributed by atoms with Crippen molar-refractivity contribution in [2.24, 2.45) is 23.3 Å². The van der Waals surface area contributed by atoms with Gasteiger partial charge in [-0.2, -0.15) is 0 Å². The second-order valence-electron chi connectivity index (χ2n) is 5.66. The predicted molar refractivity (Wildman–Crippen MR) is 68.4 cm³/mol. The number of nitrogens with zero attached hydrogens (tertiary/aromatic N) is 1. The zero-order valence-electron chi connectivity index (χ0n) is 10.8. The molecule has 3 atom stereocenters. The highest BCUT2D eigenvalue weighted by Gasteiger charge is 2.35. The number of piperidine rings is 1. The van der Waals surface area contributed by atoms with Crippen molar-refractivity contribution < 1.29 is 9.59 Å². The maximum atomic E-state index is 12.4. The van der Waals surface area contributed by atoms with Crippen LogP contribution in [0.15, 0.2) is 0 Å². The molecule has 1 saturated heterocycles. The second-order valence-corrected chi connectivity index (χ2v) is 5.66. The summed E-state index contributed by atoms with van der Waals surface area (Å²) >= 11 is 0. The molecule has 102 valence electrons. The molecule has 2 aliphatic rings. The Labute approximate surface area is 108 Å². The summed E-state index contributed by atoms with van der Waals surface area (Å²) in [4.78, 5) is 25.2. The van der Waals surface area contributed by atoms with Crippen molar-refractivity contribution in [3.63, 3.8) is 0 Å². The normalized spacial score (nSPS) is 32.5. The molecule has 1 heterocycles. The van der Waals surface area contributed by atoms with Gasteiger partial charge in [-0.15, -0.1) is 0 Å². The van der Waals surface area contributed by atoms with E-state index in [-0.39, 0.29) is 29.7 Å². The molecular weight excluding hydrogens is 230 g/mol. The minimum Gasteiger partial charge on any atom is -0.370 e. The summed E-state index contributed by atoms with van der Waals surface area (Å²) in [5.41, 5.74) is 11.2. The minimum absolute atomic E-state index is 0.00247. The molecule has 2 fully saturated rings. The summed E-state index contributed by atoms with van der Waals surface area (Å²) in [5.74, 6) is 0.149. The number of primary amides is 1. The number of hydrogen-bond acceptors (Lipinski definition) is 3. The van der Waals surface area contributed by atoms with E-state index < -0.39 is 0 Å². The second kappa shape index (κ2) is 5.69. The Morgan fingerprint density at radius 1 is 1.17 bits per heavy atom. The molecule has 1 aliphatic carbocycles. The van der Waals surface area contributed by atoms with Crippen LogP contribution in [0, 0.1) is 11.8 Å². The molecule has 0 bridgehead atoms. The molecule has 5 heteroatoms. The predicted octanol–water partition coefficient (Wildman–Crippen LogP) is 0.228. The summed E-state index contributed by atoms with van der Waals surface area (Å²) in [7, 11) is 0. The van der Waals surface area contributed by atoms with Crippen LogP contribution in [0.3, 0.4) is 0 Å². The van der Waals surface area contributed by atoms with Crippen LogP contribution in [-0.4, -0.2) is 35.8 Å². The van der Waals surface area contributed by atoms with Crippen LogP contribution in [-0.2, 0) is 9.59 Å². The van der Waals surface area contributed by atoms with Crippen LogP contribution in [0.4, 0.5) is 0 Å². The molecule has 4 N–H and O–H groups in total. The lowest BCUT2D eigenvalue weighted by Crippen LogP contribution is -2.46. The summed E-state index contributed by atoms with van der Waals surface area (Å²) in [6.45, 7) is 1.47. The Morgan fingerprint density at radius 2 is 1.94 bits per heavy atom. The Morgan fingerprint density at radius 3 is 2.56 bits per heavy atom. The first-order valence-electron chi connectivity index (χ1n) is 6.90. The van der Waals surface area contributed by atoms with Crippen LogP contribution in [0.1, 0.15) is 38.5 Å². The van der Waals surface area contributed by atoms with Crippen molar-refractivity contribution in [1.82, 2.24) is 4.90 Å². The highest BCUT2D eigenvalue weighted by atomic mass is 16.2. The Balaban J connectivity index is 1.91. The van der Waals surface area contributed by atoms with Crippen molar-refractivity contribution >= 4 is 11.8 Å². The number of hydrogen-bond donors (Lipinski definition) is 2. The van der Waals surface area contributed by atoms with E-state index in [9.17, 15) is 9.59 Å². The van der Waals surface area contributed by atoms with Crippen molar-refractivity contribution in [2.75, 3.05) is 13.1 Å². The lowest BCUT2D eigenvalue weighted by molar-refractivity contribution is -0.138. The fraction of sp³-hybridized carbons (Fsp3) is 0.846. The molecule has 18 heavy (non-hydrogen) atoms. The smallest absolute Gasteiger partial charge is 0.227 e. The SMILES string of the molecule is NC(=O)C[C@@H]1CCCN(C(=O)[C@H]2CCC[C@@H]2N)C1. The van der Waals surface area contributed by atoms with Crippen LogP contribution in [0.25, 0.3) is 0 Å². The van der Waals surface area contributed by atoms with Gasteiger partial charge < -0.3 is 16.4 Å². The van der Waals surface area contributed by atoms with E-state index in [2.05, 4.69) is 0 Å². The summed E-state index contributed by atoms with van der Waals surface area (Å²) < 4.78 is 0. The summed E-state index contributed by atoms with van der Waals surface area (Å²) in [6, 6.07) is 0.0222. The van der Waals surface area contributed by atoms with Gasteiger partial charge in [0.2, 0.25) is 11.8 Å². The molecule has 0 unspecified atom stereocenters. The number of likely N-dealkylation sites (tertiary alicyclic amines) is 1. The zero-order chi connectivity index (χ0) is 13.1. The van der Waals surface area contributed by atoms with Crippen molar-refractivity contribution in [3.05, 3.63) is 0 Å². The number of carbonyl (C=O) groups is 2. The molecule has 0 spiro atoms. The van der Waals surface area contributed by atoms with Gasteiger partial charge in [0, 0.05) is 25.6 Å². The third-order valence-corrected chi connectivity index (χ3v) is 4.21. The topological polar surface area (TPSA) is 89.4 Å². The Hall–Kier alpha value is -1.10. The van der Waals surface area contributed by atoms with Crippen molar-refractivity contribution in [2.45, 2.75) is 44.6 Å². The third-order valence-electron chi connectivity index (χ3n) is 4.21. The van der Waals surface area contributed by atoms with Gasteiger partial charge in [0.05, 0.1) is 5.92 Å². The fourth-order valence-corrected chi connectivity index (χ4v) is 3.25. The van der Waals surface area contributed by atoms with Gasteiger partial charge in [-0.05, 0) is 31.6 Å². The number of nitrogens with two attached hydrogens (primary N) is 2. The van der Waals surface area contributed by atoms with Crippen molar-refractivity contribution in [1.29, 1.82) is 0 Å². The van der Waals surface area contributed by atoms with E-state index >= 15 is 0 Å². The van der Waals surface area contributed by atoms with Gasteiger partial charge in [-0.3, -0.25) is 9.59 Å². The molecule has 0 aromatic heterocycles. The average molecular weight is 253 g/mol. The molecule has 0 radical (unpaired) electrons. The number of rotatable bonds is 3. The van der Waals surface area contributed by atoms with Crippen LogP contribution < -0.4 is 11.5 Å². The third kappa shape index (κ3) is 3.02.